The first-order valence-corrected chi connectivity index (χ1v) is 5.30. The number of aromatic nitrogens is 2. The minimum Gasteiger partial charge on any atom is -0.406 e. The second kappa shape index (κ2) is 4.72. The summed E-state index contributed by atoms with van der Waals surface area (Å²) in [6.45, 7) is 0.281. The van der Waals surface area contributed by atoms with Crippen molar-refractivity contribution in [3.8, 4) is 18.1 Å². The minimum atomic E-state index is -4.71. The van der Waals surface area contributed by atoms with Crippen molar-refractivity contribution >= 4 is 17.0 Å². The first kappa shape index (κ1) is 13.1. The van der Waals surface area contributed by atoms with Crippen LogP contribution in [0.2, 0.25) is 0 Å². The van der Waals surface area contributed by atoms with E-state index < -0.39 is 6.36 Å². The Morgan fingerprint density at radius 2 is 2.21 bits per heavy atom. The molecule has 0 bridgehead atoms. The maximum absolute atomic E-state index is 12.1. The summed E-state index contributed by atoms with van der Waals surface area (Å²) in [4.78, 5) is 4.21. The number of ether oxygens (including phenoxy) is 1. The quantitative estimate of drug-likeness (QED) is 0.870. The van der Waals surface area contributed by atoms with Gasteiger partial charge in [-0.25, -0.2) is 4.98 Å². The lowest BCUT2D eigenvalue weighted by Gasteiger charge is -2.08. The minimum absolute atomic E-state index is 0.281. The van der Waals surface area contributed by atoms with Gasteiger partial charge in [0.2, 0.25) is 5.95 Å². The van der Waals surface area contributed by atoms with Gasteiger partial charge in [-0.05, 0) is 12.1 Å². The van der Waals surface area contributed by atoms with Gasteiger partial charge in [-0.2, -0.15) is 0 Å². The van der Waals surface area contributed by atoms with Gasteiger partial charge in [0.05, 0.1) is 17.6 Å². The molecular formula is C12H10F3N3O. The Morgan fingerprint density at radius 3 is 2.84 bits per heavy atom. The summed E-state index contributed by atoms with van der Waals surface area (Å²) in [6, 6.07) is 3.95. The van der Waals surface area contributed by atoms with Crippen molar-refractivity contribution < 1.29 is 17.9 Å². The number of halogens is 3. The highest BCUT2D eigenvalue weighted by atomic mass is 19.4. The number of hydrogen-bond acceptors (Lipinski definition) is 3. The molecular weight excluding hydrogens is 259 g/mol. The fourth-order valence-electron chi connectivity index (χ4n) is 1.65. The van der Waals surface area contributed by atoms with Crippen molar-refractivity contribution in [3.63, 3.8) is 0 Å². The first-order chi connectivity index (χ1) is 8.90. The lowest BCUT2D eigenvalue weighted by molar-refractivity contribution is -0.274. The molecule has 0 fully saturated rings. The predicted molar refractivity (Wildman–Crippen MR) is 64.7 cm³/mol. The van der Waals surface area contributed by atoms with Gasteiger partial charge in [-0.1, -0.05) is 5.92 Å². The molecule has 2 rings (SSSR count). The fourth-order valence-corrected chi connectivity index (χ4v) is 1.65. The summed E-state index contributed by atoms with van der Waals surface area (Å²) >= 11 is 0. The van der Waals surface area contributed by atoms with E-state index in [-0.39, 0.29) is 12.3 Å². The number of alkyl halides is 3. The molecule has 100 valence electrons. The number of nitrogens with zero attached hydrogens (tertiary/aromatic N) is 2. The van der Waals surface area contributed by atoms with Gasteiger partial charge in [0.15, 0.2) is 0 Å². The third-order valence-corrected chi connectivity index (χ3v) is 2.43. The molecule has 19 heavy (non-hydrogen) atoms. The molecule has 1 aromatic carbocycles. The maximum atomic E-state index is 12.1. The molecule has 4 nitrogen and oxygen atoms in total. The summed E-state index contributed by atoms with van der Waals surface area (Å²) in [7, 11) is 1.67. The smallest absolute Gasteiger partial charge is 0.406 e. The van der Waals surface area contributed by atoms with Crippen LogP contribution < -0.4 is 10.1 Å². The number of aryl methyl sites for hydroxylation is 1. The Labute approximate surface area is 107 Å². The molecule has 0 aliphatic carbocycles. The Bertz CT molecular complexity index is 640. The van der Waals surface area contributed by atoms with Crippen LogP contribution in [0.4, 0.5) is 19.1 Å². The number of hydrogen-bond donors (Lipinski definition) is 1. The molecule has 0 aliphatic heterocycles. The van der Waals surface area contributed by atoms with Crippen molar-refractivity contribution in [2.45, 2.75) is 6.36 Å². The van der Waals surface area contributed by atoms with Crippen LogP contribution in [0, 0.1) is 12.3 Å². The summed E-state index contributed by atoms with van der Waals surface area (Å²) in [6.07, 6.45) is 0.408. The van der Waals surface area contributed by atoms with Crippen molar-refractivity contribution in [2.24, 2.45) is 7.05 Å². The van der Waals surface area contributed by atoms with E-state index in [1.807, 2.05) is 0 Å². The topological polar surface area (TPSA) is 39.1 Å². The third kappa shape index (κ3) is 2.91. The molecule has 0 atom stereocenters. The van der Waals surface area contributed by atoms with Crippen molar-refractivity contribution in [1.82, 2.24) is 9.55 Å². The molecule has 0 saturated heterocycles. The second-order valence-electron chi connectivity index (χ2n) is 3.75. The highest BCUT2D eigenvalue weighted by molar-refractivity contribution is 5.80. The fraction of sp³-hybridized carbons (Fsp3) is 0.250. The molecule has 1 heterocycles. The van der Waals surface area contributed by atoms with Crippen LogP contribution in [0.25, 0.3) is 11.0 Å². The first-order valence-electron chi connectivity index (χ1n) is 5.30. The van der Waals surface area contributed by atoms with Crippen LogP contribution in [0.5, 0.6) is 5.75 Å². The standard InChI is InChI=1S/C12H10F3N3O/c1-3-6-16-11-17-9-5-4-8(19-12(13,14)15)7-10(9)18(11)2/h1,4-5,7H,6H2,2H3,(H,16,17). The van der Waals surface area contributed by atoms with E-state index in [0.717, 1.165) is 0 Å². The number of terminal acetylenes is 1. The summed E-state index contributed by atoms with van der Waals surface area (Å²) in [5, 5.41) is 2.87. The van der Waals surface area contributed by atoms with Gasteiger partial charge in [-0.3, -0.25) is 0 Å². The van der Waals surface area contributed by atoms with Gasteiger partial charge in [0.25, 0.3) is 0 Å². The molecule has 0 radical (unpaired) electrons. The molecule has 0 amide bonds. The van der Waals surface area contributed by atoms with Crippen LogP contribution in [0.1, 0.15) is 0 Å². The number of imidazole rings is 1. The zero-order valence-electron chi connectivity index (χ0n) is 9.95. The second-order valence-corrected chi connectivity index (χ2v) is 3.75. The lowest BCUT2D eigenvalue weighted by atomic mass is 10.3. The molecule has 7 heteroatoms. The summed E-state index contributed by atoms with van der Waals surface area (Å²) < 4.78 is 41.9. The van der Waals surface area contributed by atoms with Crippen LogP contribution in [0.15, 0.2) is 18.2 Å². The Balaban J connectivity index is 2.37. The average Bonchev–Trinajstić information content (AvgIpc) is 2.62. The highest BCUT2D eigenvalue weighted by Crippen LogP contribution is 2.27. The van der Waals surface area contributed by atoms with E-state index in [4.69, 9.17) is 6.42 Å². The summed E-state index contributed by atoms with van der Waals surface area (Å²) in [5.41, 5.74) is 1.07. The number of rotatable bonds is 3. The lowest BCUT2D eigenvalue weighted by Crippen LogP contribution is -2.17. The Morgan fingerprint density at radius 1 is 1.47 bits per heavy atom. The van der Waals surface area contributed by atoms with Crippen molar-refractivity contribution in [1.29, 1.82) is 0 Å². The van der Waals surface area contributed by atoms with Gasteiger partial charge in [-0.15, -0.1) is 19.6 Å². The van der Waals surface area contributed by atoms with Crippen molar-refractivity contribution in [2.75, 3.05) is 11.9 Å². The Kier molecular flexibility index (Phi) is 3.25. The van der Waals surface area contributed by atoms with Crippen LogP contribution >= 0.6 is 0 Å². The van der Waals surface area contributed by atoms with Crippen molar-refractivity contribution in [3.05, 3.63) is 18.2 Å². The van der Waals surface area contributed by atoms with E-state index in [1.54, 1.807) is 11.6 Å². The zero-order valence-corrected chi connectivity index (χ0v) is 9.95. The van der Waals surface area contributed by atoms with Gasteiger partial charge in [0.1, 0.15) is 5.75 Å². The molecule has 1 N–H and O–H groups in total. The van der Waals surface area contributed by atoms with Crippen LogP contribution in [-0.4, -0.2) is 22.5 Å². The number of benzene rings is 1. The zero-order chi connectivity index (χ0) is 14.0. The van der Waals surface area contributed by atoms with E-state index in [2.05, 4.69) is 21.0 Å². The Hall–Kier alpha value is -2.36. The third-order valence-electron chi connectivity index (χ3n) is 2.43. The van der Waals surface area contributed by atoms with Gasteiger partial charge < -0.3 is 14.6 Å². The monoisotopic (exact) mass is 269 g/mol. The molecule has 2 aromatic rings. The molecule has 0 saturated carbocycles. The number of fused-ring (bicyclic) bond motifs is 1. The SMILES string of the molecule is C#CCNc1nc2ccc(OC(F)(F)F)cc2n1C. The van der Waals surface area contributed by atoms with Crippen LogP contribution in [-0.2, 0) is 7.05 Å². The highest BCUT2D eigenvalue weighted by Gasteiger charge is 2.31. The molecule has 0 aliphatic rings. The molecule has 0 spiro atoms. The van der Waals surface area contributed by atoms with E-state index in [1.165, 1.54) is 18.2 Å². The maximum Gasteiger partial charge on any atom is 0.573 e. The van der Waals surface area contributed by atoms with E-state index in [9.17, 15) is 13.2 Å². The van der Waals surface area contributed by atoms with Gasteiger partial charge in [0, 0.05) is 13.1 Å². The summed E-state index contributed by atoms with van der Waals surface area (Å²) in [5.74, 6) is 2.59. The molecule has 1 aromatic heterocycles. The van der Waals surface area contributed by atoms with Gasteiger partial charge >= 0.3 is 6.36 Å². The normalized spacial score (nSPS) is 11.3. The predicted octanol–water partition coefficient (Wildman–Crippen LogP) is 2.52. The van der Waals surface area contributed by atoms with E-state index in [0.29, 0.717) is 17.0 Å². The average molecular weight is 269 g/mol. The number of anilines is 1. The van der Waals surface area contributed by atoms with E-state index >= 15 is 0 Å². The largest absolute Gasteiger partial charge is 0.573 e. The number of nitrogens with one attached hydrogen (secondary N) is 1. The van der Waals surface area contributed by atoms with Crippen LogP contribution in [0.3, 0.4) is 0 Å². The molecule has 0 unspecified atom stereocenters.